The molecule has 1 aromatic rings. The maximum atomic E-state index is 11.6. The van der Waals surface area contributed by atoms with E-state index in [0.29, 0.717) is 25.9 Å². The minimum Gasteiger partial charge on any atom is -0.391 e. The van der Waals surface area contributed by atoms with Crippen LogP contribution in [-0.2, 0) is 11.2 Å². The van der Waals surface area contributed by atoms with Crippen LogP contribution >= 0.6 is 35.3 Å². The first-order valence-electron chi connectivity index (χ1n) is 6.03. The van der Waals surface area contributed by atoms with Crippen molar-refractivity contribution < 1.29 is 9.90 Å². The Morgan fingerprint density at radius 2 is 2.37 bits per heavy atom. The van der Waals surface area contributed by atoms with Gasteiger partial charge in [-0.1, -0.05) is 11.6 Å². The van der Waals surface area contributed by atoms with Gasteiger partial charge in [-0.15, -0.1) is 23.7 Å². The Labute approximate surface area is 127 Å². The van der Waals surface area contributed by atoms with Gasteiger partial charge in [0.05, 0.1) is 11.1 Å². The molecule has 2 heterocycles. The molecule has 1 aliphatic heterocycles. The standard InChI is InChI=1S/C12H17ClN2O2S.ClH/c13-9-3-10(18-7-9)1-2-12(17)15-5-8-4-14-6-11(8)16;/h3,7-8,11,14,16H,1-2,4-6H2,(H,15,17);1H. The van der Waals surface area contributed by atoms with Crippen LogP contribution in [0.4, 0.5) is 0 Å². The Kier molecular flexibility index (Phi) is 7.10. The second-order valence-corrected chi connectivity index (χ2v) is 5.95. The SMILES string of the molecule is Cl.O=C(CCc1cc(Cl)cs1)NCC1CNCC1O. The topological polar surface area (TPSA) is 61.4 Å². The second-order valence-electron chi connectivity index (χ2n) is 4.52. The number of hydrogen-bond donors (Lipinski definition) is 3. The van der Waals surface area contributed by atoms with E-state index >= 15 is 0 Å². The van der Waals surface area contributed by atoms with E-state index in [1.807, 2.05) is 11.4 Å². The van der Waals surface area contributed by atoms with Crippen molar-refractivity contribution in [2.75, 3.05) is 19.6 Å². The predicted molar refractivity (Wildman–Crippen MR) is 80.3 cm³/mol. The predicted octanol–water partition coefficient (Wildman–Crippen LogP) is 1.45. The van der Waals surface area contributed by atoms with Crippen LogP contribution in [0.25, 0.3) is 0 Å². The lowest BCUT2D eigenvalue weighted by Gasteiger charge is -2.13. The first-order chi connectivity index (χ1) is 8.65. The van der Waals surface area contributed by atoms with Crippen LogP contribution in [0.1, 0.15) is 11.3 Å². The summed E-state index contributed by atoms with van der Waals surface area (Å²) in [7, 11) is 0. The van der Waals surface area contributed by atoms with E-state index in [0.717, 1.165) is 16.4 Å². The van der Waals surface area contributed by atoms with Crippen LogP contribution in [0, 0.1) is 5.92 Å². The zero-order chi connectivity index (χ0) is 13.0. The molecular formula is C12H18Cl2N2O2S. The maximum absolute atomic E-state index is 11.6. The molecule has 0 aromatic carbocycles. The Morgan fingerprint density at radius 3 is 2.95 bits per heavy atom. The van der Waals surface area contributed by atoms with Crippen molar-refractivity contribution in [3.05, 3.63) is 21.3 Å². The Bertz CT molecular complexity index is 414. The molecule has 19 heavy (non-hydrogen) atoms. The molecule has 2 unspecified atom stereocenters. The van der Waals surface area contributed by atoms with Gasteiger partial charge < -0.3 is 15.7 Å². The van der Waals surface area contributed by atoms with E-state index in [2.05, 4.69) is 10.6 Å². The number of carbonyl (C=O) groups excluding carboxylic acids is 1. The van der Waals surface area contributed by atoms with E-state index in [1.54, 1.807) is 11.3 Å². The quantitative estimate of drug-likeness (QED) is 0.768. The molecular weight excluding hydrogens is 307 g/mol. The Morgan fingerprint density at radius 1 is 1.58 bits per heavy atom. The van der Waals surface area contributed by atoms with Crippen molar-refractivity contribution in [1.29, 1.82) is 0 Å². The molecule has 0 aliphatic carbocycles. The smallest absolute Gasteiger partial charge is 0.220 e. The molecule has 108 valence electrons. The van der Waals surface area contributed by atoms with Crippen molar-refractivity contribution in [2.24, 2.45) is 5.92 Å². The normalized spacial score (nSPS) is 22.0. The Hall–Kier alpha value is -0.330. The largest absolute Gasteiger partial charge is 0.391 e. The molecule has 0 spiro atoms. The number of nitrogens with one attached hydrogen (secondary N) is 2. The van der Waals surface area contributed by atoms with Gasteiger partial charge in [0.15, 0.2) is 0 Å². The van der Waals surface area contributed by atoms with Crippen LogP contribution in [0.15, 0.2) is 11.4 Å². The fourth-order valence-corrected chi connectivity index (χ4v) is 3.06. The number of aryl methyl sites for hydroxylation is 1. The van der Waals surface area contributed by atoms with E-state index in [1.165, 1.54) is 0 Å². The number of hydrogen-bond acceptors (Lipinski definition) is 4. The van der Waals surface area contributed by atoms with Gasteiger partial charge in [-0.05, 0) is 12.5 Å². The molecule has 0 radical (unpaired) electrons. The van der Waals surface area contributed by atoms with Gasteiger partial charge in [-0.2, -0.15) is 0 Å². The molecule has 1 aliphatic rings. The van der Waals surface area contributed by atoms with Crippen LogP contribution < -0.4 is 10.6 Å². The third-order valence-electron chi connectivity index (χ3n) is 3.09. The molecule has 1 amide bonds. The molecule has 7 heteroatoms. The second kappa shape index (κ2) is 8.07. The number of aliphatic hydroxyl groups excluding tert-OH is 1. The van der Waals surface area contributed by atoms with Crippen molar-refractivity contribution in [3.63, 3.8) is 0 Å². The summed E-state index contributed by atoms with van der Waals surface area (Å²) < 4.78 is 0. The first kappa shape index (κ1) is 16.7. The molecule has 1 fully saturated rings. The van der Waals surface area contributed by atoms with Gasteiger partial charge in [0.1, 0.15) is 0 Å². The minimum absolute atomic E-state index is 0. The number of halogens is 2. The summed E-state index contributed by atoms with van der Waals surface area (Å²) in [6, 6.07) is 1.89. The lowest BCUT2D eigenvalue weighted by Crippen LogP contribution is -2.34. The van der Waals surface area contributed by atoms with E-state index in [9.17, 15) is 9.90 Å². The number of thiophene rings is 1. The maximum Gasteiger partial charge on any atom is 0.220 e. The number of carbonyl (C=O) groups is 1. The molecule has 2 rings (SSSR count). The number of aliphatic hydroxyl groups is 1. The highest BCUT2D eigenvalue weighted by Gasteiger charge is 2.24. The number of rotatable bonds is 5. The third kappa shape index (κ3) is 5.28. The van der Waals surface area contributed by atoms with Gasteiger partial charge in [0.25, 0.3) is 0 Å². The molecule has 3 N–H and O–H groups in total. The van der Waals surface area contributed by atoms with Crippen molar-refractivity contribution in [2.45, 2.75) is 18.9 Å². The molecule has 2 atom stereocenters. The molecule has 1 saturated heterocycles. The molecule has 4 nitrogen and oxygen atoms in total. The van der Waals surface area contributed by atoms with Gasteiger partial charge >= 0.3 is 0 Å². The van der Waals surface area contributed by atoms with Gasteiger partial charge in [-0.3, -0.25) is 4.79 Å². The number of amides is 1. The summed E-state index contributed by atoms with van der Waals surface area (Å²) in [5.74, 6) is 0.156. The molecule has 1 aromatic heterocycles. The highest BCUT2D eigenvalue weighted by atomic mass is 35.5. The monoisotopic (exact) mass is 324 g/mol. The third-order valence-corrected chi connectivity index (χ3v) is 4.43. The zero-order valence-electron chi connectivity index (χ0n) is 10.4. The Balaban J connectivity index is 0.00000180. The fraction of sp³-hybridized carbons (Fsp3) is 0.583. The highest BCUT2D eigenvalue weighted by molar-refractivity contribution is 7.10. The van der Waals surface area contributed by atoms with Gasteiger partial charge in [-0.25, -0.2) is 0 Å². The lowest BCUT2D eigenvalue weighted by molar-refractivity contribution is -0.121. The zero-order valence-corrected chi connectivity index (χ0v) is 12.8. The lowest BCUT2D eigenvalue weighted by atomic mass is 10.1. The summed E-state index contributed by atoms with van der Waals surface area (Å²) >= 11 is 7.39. The van der Waals surface area contributed by atoms with Gasteiger partial charge in [0.2, 0.25) is 5.91 Å². The van der Waals surface area contributed by atoms with Crippen molar-refractivity contribution >= 4 is 41.3 Å². The van der Waals surface area contributed by atoms with Gasteiger partial charge in [0, 0.05) is 42.2 Å². The molecule has 0 saturated carbocycles. The first-order valence-corrected chi connectivity index (χ1v) is 7.29. The van der Waals surface area contributed by atoms with E-state index < -0.39 is 0 Å². The van der Waals surface area contributed by atoms with E-state index in [-0.39, 0.29) is 30.3 Å². The van der Waals surface area contributed by atoms with Crippen LogP contribution in [0.5, 0.6) is 0 Å². The summed E-state index contributed by atoms with van der Waals surface area (Å²) in [5, 5.41) is 18.1. The van der Waals surface area contributed by atoms with Crippen LogP contribution in [0.3, 0.4) is 0 Å². The summed E-state index contributed by atoms with van der Waals surface area (Å²) in [5.41, 5.74) is 0. The van der Waals surface area contributed by atoms with Crippen LogP contribution in [-0.4, -0.2) is 36.8 Å². The van der Waals surface area contributed by atoms with E-state index in [4.69, 9.17) is 11.6 Å². The highest BCUT2D eigenvalue weighted by Crippen LogP contribution is 2.20. The number of β-amino-alcohol motifs (C(OH)–C–C–N with tert-alkyl or cyclic N) is 1. The molecule has 0 bridgehead atoms. The van der Waals surface area contributed by atoms with Crippen molar-refractivity contribution in [3.8, 4) is 0 Å². The summed E-state index contributed by atoms with van der Waals surface area (Å²) in [4.78, 5) is 12.8. The fourth-order valence-electron chi connectivity index (χ4n) is 1.98. The average molecular weight is 325 g/mol. The minimum atomic E-state index is -0.346. The summed E-state index contributed by atoms with van der Waals surface area (Å²) in [6.45, 7) is 1.93. The summed E-state index contributed by atoms with van der Waals surface area (Å²) in [6.07, 6.45) is 0.836. The van der Waals surface area contributed by atoms with Crippen molar-refractivity contribution in [1.82, 2.24) is 10.6 Å². The average Bonchev–Trinajstić information content (AvgIpc) is 2.93. The van der Waals surface area contributed by atoms with Crippen LogP contribution in [0.2, 0.25) is 5.02 Å².